The molecule has 0 radical (unpaired) electrons. The smallest absolute Gasteiger partial charge is 0.364 e. The number of nitro groups is 1. The van der Waals surface area contributed by atoms with Crippen LogP contribution in [-0.2, 0) is 6.42 Å². The summed E-state index contributed by atoms with van der Waals surface area (Å²) < 4.78 is 14.7. The van der Waals surface area contributed by atoms with E-state index in [9.17, 15) is 19.3 Å². The van der Waals surface area contributed by atoms with Gasteiger partial charge in [-0.3, -0.25) is 19.3 Å². The van der Waals surface area contributed by atoms with Crippen molar-refractivity contribution in [1.82, 2.24) is 9.38 Å². The summed E-state index contributed by atoms with van der Waals surface area (Å²) in [6.45, 7) is 0.300. The van der Waals surface area contributed by atoms with Crippen molar-refractivity contribution in [2.24, 2.45) is 0 Å². The molecule has 0 unspecified atom stereocenters. The quantitative estimate of drug-likeness (QED) is 0.519. The second-order valence-corrected chi connectivity index (χ2v) is 6.08. The molecule has 0 aliphatic heterocycles. The van der Waals surface area contributed by atoms with Crippen LogP contribution >= 0.6 is 15.9 Å². The Hall–Kier alpha value is -2.81. The average molecular weight is 407 g/mol. The van der Waals surface area contributed by atoms with Crippen LogP contribution < -0.4 is 10.9 Å². The second kappa shape index (κ2) is 6.98. The van der Waals surface area contributed by atoms with E-state index in [1.54, 1.807) is 30.3 Å². The Morgan fingerprint density at radius 1 is 1.32 bits per heavy atom. The van der Waals surface area contributed by atoms with Gasteiger partial charge in [0.05, 0.1) is 9.40 Å². The minimum Gasteiger partial charge on any atom is -0.364 e. The van der Waals surface area contributed by atoms with Crippen molar-refractivity contribution in [1.29, 1.82) is 0 Å². The van der Waals surface area contributed by atoms with Crippen molar-refractivity contribution in [3.63, 3.8) is 0 Å². The molecule has 0 aliphatic rings. The van der Waals surface area contributed by atoms with Gasteiger partial charge in [0, 0.05) is 12.7 Å². The predicted octanol–water partition coefficient (Wildman–Crippen LogP) is 3.16. The van der Waals surface area contributed by atoms with E-state index in [0.717, 1.165) is 9.96 Å². The van der Waals surface area contributed by atoms with Gasteiger partial charge < -0.3 is 5.32 Å². The lowest BCUT2D eigenvalue weighted by atomic mass is 10.1. The van der Waals surface area contributed by atoms with Crippen LogP contribution in [0.3, 0.4) is 0 Å². The van der Waals surface area contributed by atoms with Crippen LogP contribution in [0.5, 0.6) is 0 Å². The van der Waals surface area contributed by atoms with Crippen LogP contribution in [0.2, 0.25) is 0 Å². The number of nitrogens with zero attached hydrogens (tertiary/aromatic N) is 3. The Morgan fingerprint density at radius 2 is 2.12 bits per heavy atom. The van der Waals surface area contributed by atoms with Crippen LogP contribution in [0.15, 0.2) is 51.9 Å². The zero-order valence-corrected chi connectivity index (χ0v) is 14.4. The number of anilines is 1. The largest absolute Gasteiger partial charge is 0.376 e. The van der Waals surface area contributed by atoms with Gasteiger partial charge in [0.1, 0.15) is 11.5 Å². The summed E-state index contributed by atoms with van der Waals surface area (Å²) in [6, 6.07) is 9.47. The molecule has 9 heteroatoms. The van der Waals surface area contributed by atoms with Crippen molar-refractivity contribution < 1.29 is 9.31 Å². The first-order valence-corrected chi connectivity index (χ1v) is 8.10. The predicted molar refractivity (Wildman–Crippen MR) is 94.4 cm³/mol. The van der Waals surface area contributed by atoms with Gasteiger partial charge in [0.2, 0.25) is 5.82 Å². The number of aromatic nitrogens is 2. The number of fused-ring (bicyclic) bond motifs is 1. The molecule has 0 spiro atoms. The van der Waals surface area contributed by atoms with Gasteiger partial charge in [-0.1, -0.05) is 12.1 Å². The summed E-state index contributed by atoms with van der Waals surface area (Å²) in [5, 5.41) is 14.1. The van der Waals surface area contributed by atoms with E-state index in [4.69, 9.17) is 0 Å². The number of rotatable bonds is 5. The van der Waals surface area contributed by atoms with E-state index < -0.39 is 16.2 Å². The van der Waals surface area contributed by atoms with Crippen molar-refractivity contribution in [2.45, 2.75) is 6.42 Å². The highest BCUT2D eigenvalue weighted by atomic mass is 79.9. The van der Waals surface area contributed by atoms with Crippen molar-refractivity contribution in [3.05, 3.63) is 78.9 Å². The molecule has 0 saturated heterocycles. The minimum absolute atomic E-state index is 0.0811. The van der Waals surface area contributed by atoms with E-state index in [-0.39, 0.29) is 11.6 Å². The molecule has 7 nitrogen and oxygen atoms in total. The van der Waals surface area contributed by atoms with E-state index in [1.165, 1.54) is 12.3 Å². The van der Waals surface area contributed by atoms with E-state index >= 15 is 0 Å². The summed E-state index contributed by atoms with van der Waals surface area (Å²) in [6.07, 6.45) is 1.91. The molecule has 2 aromatic heterocycles. The van der Waals surface area contributed by atoms with Gasteiger partial charge >= 0.3 is 11.2 Å². The van der Waals surface area contributed by atoms with Crippen LogP contribution in [0, 0.1) is 15.9 Å². The summed E-state index contributed by atoms with van der Waals surface area (Å²) in [7, 11) is 0. The summed E-state index contributed by atoms with van der Waals surface area (Å²) >= 11 is 3.11. The van der Waals surface area contributed by atoms with Gasteiger partial charge in [-0.2, -0.15) is 0 Å². The lowest BCUT2D eigenvalue weighted by Gasteiger charge is -2.08. The van der Waals surface area contributed by atoms with E-state index in [1.807, 2.05) is 0 Å². The van der Waals surface area contributed by atoms with Gasteiger partial charge in [-0.25, -0.2) is 9.37 Å². The molecule has 1 aromatic carbocycles. The number of hydrogen-bond acceptors (Lipinski definition) is 5. The third-order valence-electron chi connectivity index (χ3n) is 3.58. The van der Waals surface area contributed by atoms with E-state index in [2.05, 4.69) is 26.2 Å². The molecule has 0 amide bonds. The fourth-order valence-electron chi connectivity index (χ4n) is 2.39. The molecular weight excluding hydrogens is 395 g/mol. The minimum atomic E-state index is -0.748. The fraction of sp³-hybridized carbons (Fsp3) is 0.125. The fourth-order valence-corrected chi connectivity index (χ4v) is 2.81. The monoisotopic (exact) mass is 406 g/mol. The number of hydrogen-bond donors (Lipinski definition) is 1. The Morgan fingerprint density at radius 3 is 2.84 bits per heavy atom. The van der Waals surface area contributed by atoms with Gasteiger partial charge in [-0.15, -0.1) is 0 Å². The number of halogens is 2. The molecule has 0 atom stereocenters. The van der Waals surface area contributed by atoms with Gasteiger partial charge in [-0.05, 0) is 52.2 Å². The highest BCUT2D eigenvalue weighted by Crippen LogP contribution is 2.19. The topological polar surface area (TPSA) is 89.5 Å². The lowest BCUT2D eigenvalue weighted by Crippen LogP contribution is -2.21. The molecule has 3 aromatic rings. The Labute approximate surface area is 149 Å². The highest BCUT2D eigenvalue weighted by molar-refractivity contribution is 9.10. The SMILES string of the molecule is O=c1c([N+](=O)[O-])c(NCCc2ccc(F)c(Br)c2)nc2ccccn12. The van der Waals surface area contributed by atoms with E-state index in [0.29, 0.717) is 23.1 Å². The third kappa shape index (κ3) is 3.50. The maximum absolute atomic E-state index is 13.2. The zero-order valence-electron chi connectivity index (χ0n) is 12.8. The Balaban J connectivity index is 1.87. The molecule has 0 aliphatic carbocycles. The van der Waals surface area contributed by atoms with Gasteiger partial charge in [0.25, 0.3) is 0 Å². The number of benzene rings is 1. The summed E-state index contributed by atoms with van der Waals surface area (Å²) in [5.41, 5.74) is -0.210. The molecule has 128 valence electrons. The van der Waals surface area contributed by atoms with Gasteiger partial charge in [0.15, 0.2) is 0 Å². The van der Waals surface area contributed by atoms with Crippen LogP contribution in [0.1, 0.15) is 5.56 Å². The molecule has 25 heavy (non-hydrogen) atoms. The van der Waals surface area contributed by atoms with Crippen molar-refractivity contribution >= 4 is 33.1 Å². The maximum atomic E-state index is 13.2. The number of pyridine rings is 1. The molecular formula is C16H12BrFN4O3. The summed E-state index contributed by atoms with van der Waals surface area (Å²) in [4.78, 5) is 27.0. The zero-order chi connectivity index (χ0) is 18.0. The van der Waals surface area contributed by atoms with Crippen LogP contribution in [0.25, 0.3) is 5.65 Å². The average Bonchev–Trinajstić information content (AvgIpc) is 2.58. The number of nitrogens with one attached hydrogen (secondary N) is 1. The van der Waals surface area contributed by atoms with Crippen LogP contribution in [0.4, 0.5) is 15.9 Å². The molecule has 0 fully saturated rings. The lowest BCUT2D eigenvalue weighted by molar-refractivity contribution is -0.385. The third-order valence-corrected chi connectivity index (χ3v) is 4.19. The second-order valence-electron chi connectivity index (χ2n) is 5.23. The standard InChI is InChI=1S/C16H12BrFN4O3/c17-11-9-10(4-5-12(11)18)6-7-19-15-14(22(24)25)16(23)21-8-2-1-3-13(21)20-15/h1-5,8-9,19H,6-7H2. The molecule has 2 heterocycles. The Kier molecular flexibility index (Phi) is 4.75. The maximum Gasteiger partial charge on any atom is 0.376 e. The first-order valence-electron chi connectivity index (χ1n) is 7.31. The molecule has 0 saturated carbocycles. The van der Waals surface area contributed by atoms with Crippen molar-refractivity contribution in [2.75, 3.05) is 11.9 Å². The van der Waals surface area contributed by atoms with Crippen molar-refractivity contribution in [3.8, 4) is 0 Å². The highest BCUT2D eigenvalue weighted by Gasteiger charge is 2.23. The first kappa shape index (κ1) is 17.0. The molecule has 0 bridgehead atoms. The first-order chi connectivity index (χ1) is 12.0. The Bertz CT molecular complexity index is 1020. The summed E-state index contributed by atoms with van der Waals surface area (Å²) in [5.74, 6) is -0.445. The molecule has 1 N–H and O–H groups in total. The molecule has 3 rings (SSSR count). The normalized spacial score (nSPS) is 10.8. The van der Waals surface area contributed by atoms with Crippen LogP contribution in [-0.4, -0.2) is 20.9 Å².